The van der Waals surface area contributed by atoms with Gasteiger partial charge in [0, 0.05) is 17.5 Å². The highest BCUT2D eigenvalue weighted by Crippen LogP contribution is 2.27. The highest BCUT2D eigenvalue weighted by atomic mass is 16.5. The molecule has 0 aliphatic rings. The third-order valence-electron chi connectivity index (χ3n) is 2.68. The van der Waals surface area contributed by atoms with Crippen LogP contribution in [0, 0.1) is 6.92 Å². The maximum Gasteiger partial charge on any atom is 0.336 e. The van der Waals surface area contributed by atoms with Crippen LogP contribution in [0.15, 0.2) is 36.5 Å². The number of aryl methyl sites for hydroxylation is 1. The molecular weight excluding hydrogens is 230 g/mol. The Morgan fingerprint density at radius 1 is 1.28 bits per heavy atom. The van der Waals surface area contributed by atoms with E-state index >= 15 is 0 Å². The van der Waals surface area contributed by atoms with Gasteiger partial charge in [-0.1, -0.05) is 6.07 Å². The van der Waals surface area contributed by atoms with E-state index in [0.717, 1.165) is 11.3 Å². The second-order valence-corrected chi connectivity index (χ2v) is 3.90. The summed E-state index contributed by atoms with van der Waals surface area (Å²) in [6.45, 7) is 1.88. The zero-order chi connectivity index (χ0) is 13.1. The van der Waals surface area contributed by atoms with Crippen molar-refractivity contribution in [2.75, 3.05) is 7.11 Å². The summed E-state index contributed by atoms with van der Waals surface area (Å²) in [5.41, 5.74) is 2.51. The Hall–Kier alpha value is -2.36. The van der Waals surface area contributed by atoms with E-state index in [1.54, 1.807) is 18.3 Å². The van der Waals surface area contributed by atoms with E-state index in [-0.39, 0.29) is 5.56 Å². The summed E-state index contributed by atoms with van der Waals surface area (Å²) in [5.74, 6) is -0.458. The van der Waals surface area contributed by atoms with E-state index in [4.69, 9.17) is 4.74 Å². The molecule has 0 aliphatic heterocycles. The van der Waals surface area contributed by atoms with Crippen LogP contribution in [-0.2, 0) is 0 Å². The molecule has 1 aromatic heterocycles. The zero-order valence-corrected chi connectivity index (χ0v) is 10.2. The number of benzene rings is 1. The van der Waals surface area contributed by atoms with Crippen LogP contribution in [-0.4, -0.2) is 23.2 Å². The molecule has 0 saturated carbocycles. The number of carboxylic acid groups (broad SMARTS) is 1. The lowest BCUT2D eigenvalue weighted by Crippen LogP contribution is -2.00. The number of aromatic carboxylic acids is 1. The van der Waals surface area contributed by atoms with Crippen molar-refractivity contribution in [3.63, 3.8) is 0 Å². The van der Waals surface area contributed by atoms with Crippen molar-refractivity contribution in [3.8, 4) is 16.9 Å². The van der Waals surface area contributed by atoms with Gasteiger partial charge in [-0.05, 0) is 36.8 Å². The van der Waals surface area contributed by atoms with Crippen molar-refractivity contribution in [1.29, 1.82) is 0 Å². The lowest BCUT2D eigenvalue weighted by molar-refractivity contribution is 0.0697. The molecule has 0 spiro atoms. The summed E-state index contributed by atoms with van der Waals surface area (Å²) in [4.78, 5) is 15.4. The van der Waals surface area contributed by atoms with Crippen LogP contribution in [0.1, 0.15) is 16.1 Å². The van der Waals surface area contributed by atoms with Crippen LogP contribution in [0.25, 0.3) is 11.1 Å². The molecule has 0 amide bonds. The summed E-state index contributed by atoms with van der Waals surface area (Å²) in [6.07, 6.45) is 1.67. The van der Waals surface area contributed by atoms with Gasteiger partial charge in [-0.3, -0.25) is 4.98 Å². The van der Waals surface area contributed by atoms with Gasteiger partial charge in [-0.15, -0.1) is 0 Å². The van der Waals surface area contributed by atoms with E-state index in [0.29, 0.717) is 11.3 Å². The first-order chi connectivity index (χ1) is 8.61. The summed E-state index contributed by atoms with van der Waals surface area (Å²) in [6, 6.07) is 8.69. The smallest absolute Gasteiger partial charge is 0.336 e. The van der Waals surface area contributed by atoms with Crippen LogP contribution in [0.3, 0.4) is 0 Å². The number of hydrogen-bond donors (Lipinski definition) is 1. The first kappa shape index (κ1) is 12.1. The van der Waals surface area contributed by atoms with E-state index in [1.807, 2.05) is 19.1 Å². The Morgan fingerprint density at radius 3 is 2.61 bits per heavy atom. The van der Waals surface area contributed by atoms with Crippen molar-refractivity contribution in [1.82, 2.24) is 4.98 Å². The van der Waals surface area contributed by atoms with E-state index in [9.17, 15) is 9.90 Å². The molecule has 4 nitrogen and oxygen atoms in total. The average molecular weight is 243 g/mol. The minimum absolute atomic E-state index is 0.208. The molecule has 0 unspecified atom stereocenters. The predicted octanol–water partition coefficient (Wildman–Crippen LogP) is 2.76. The topological polar surface area (TPSA) is 59.4 Å². The van der Waals surface area contributed by atoms with Gasteiger partial charge < -0.3 is 9.84 Å². The summed E-state index contributed by atoms with van der Waals surface area (Å²) in [7, 11) is 1.51. The zero-order valence-electron chi connectivity index (χ0n) is 10.2. The molecule has 1 heterocycles. The average Bonchev–Trinajstić information content (AvgIpc) is 2.39. The van der Waals surface area contributed by atoms with Gasteiger partial charge in [0.2, 0.25) is 0 Å². The number of pyridine rings is 1. The number of ether oxygens (including phenoxy) is 1. The molecule has 2 aromatic rings. The van der Waals surface area contributed by atoms with Gasteiger partial charge in [0.05, 0.1) is 12.7 Å². The summed E-state index contributed by atoms with van der Waals surface area (Å²) < 4.78 is 5.04. The fourth-order valence-corrected chi connectivity index (χ4v) is 1.71. The highest BCUT2D eigenvalue weighted by Gasteiger charge is 2.13. The van der Waals surface area contributed by atoms with Gasteiger partial charge in [0.25, 0.3) is 0 Å². The third-order valence-corrected chi connectivity index (χ3v) is 2.68. The molecule has 0 aliphatic carbocycles. The number of hydrogen-bond acceptors (Lipinski definition) is 3. The fourth-order valence-electron chi connectivity index (χ4n) is 1.71. The molecule has 0 atom stereocenters. The molecule has 1 N–H and O–H groups in total. The maximum atomic E-state index is 11.3. The van der Waals surface area contributed by atoms with Gasteiger partial charge in [0.15, 0.2) is 0 Å². The van der Waals surface area contributed by atoms with E-state index < -0.39 is 5.97 Å². The Bertz CT molecular complexity index is 576. The number of carbonyl (C=O) groups is 1. The van der Waals surface area contributed by atoms with Gasteiger partial charge >= 0.3 is 5.97 Å². The minimum Gasteiger partial charge on any atom is -0.497 e. The summed E-state index contributed by atoms with van der Waals surface area (Å²) >= 11 is 0. The quantitative estimate of drug-likeness (QED) is 0.900. The van der Waals surface area contributed by atoms with Crippen LogP contribution in [0.5, 0.6) is 5.75 Å². The molecule has 0 saturated heterocycles. The first-order valence-electron chi connectivity index (χ1n) is 5.46. The predicted molar refractivity (Wildman–Crippen MR) is 67.9 cm³/mol. The maximum absolute atomic E-state index is 11.3. The van der Waals surface area contributed by atoms with Crippen molar-refractivity contribution in [2.45, 2.75) is 6.92 Å². The van der Waals surface area contributed by atoms with Gasteiger partial charge in [-0.25, -0.2) is 4.79 Å². The van der Waals surface area contributed by atoms with E-state index in [1.165, 1.54) is 13.2 Å². The normalized spacial score (nSPS) is 10.1. The van der Waals surface area contributed by atoms with E-state index in [2.05, 4.69) is 4.98 Å². The number of nitrogens with zero attached hydrogens (tertiary/aromatic N) is 1. The van der Waals surface area contributed by atoms with Crippen LogP contribution in [0.4, 0.5) is 0 Å². The molecule has 18 heavy (non-hydrogen) atoms. The standard InChI is InChI=1S/C14H13NO3/c1-9-3-4-10(8-15-9)12-6-5-11(18-2)7-13(12)14(16)17/h3-8H,1-2H3,(H,16,17). The number of carboxylic acids is 1. The van der Waals surface area contributed by atoms with Crippen molar-refractivity contribution >= 4 is 5.97 Å². The van der Waals surface area contributed by atoms with Crippen LogP contribution < -0.4 is 4.74 Å². The molecule has 2 rings (SSSR count). The second-order valence-electron chi connectivity index (χ2n) is 3.90. The Morgan fingerprint density at radius 2 is 2.06 bits per heavy atom. The third kappa shape index (κ3) is 2.32. The number of rotatable bonds is 3. The largest absolute Gasteiger partial charge is 0.497 e. The monoisotopic (exact) mass is 243 g/mol. The lowest BCUT2D eigenvalue weighted by Gasteiger charge is -2.08. The lowest BCUT2D eigenvalue weighted by atomic mass is 10.0. The molecule has 0 fully saturated rings. The second kappa shape index (κ2) is 4.87. The van der Waals surface area contributed by atoms with Gasteiger partial charge in [0.1, 0.15) is 5.75 Å². The fraction of sp³-hybridized carbons (Fsp3) is 0.143. The van der Waals surface area contributed by atoms with Crippen molar-refractivity contribution < 1.29 is 14.6 Å². The van der Waals surface area contributed by atoms with Crippen molar-refractivity contribution in [2.24, 2.45) is 0 Å². The van der Waals surface area contributed by atoms with Crippen molar-refractivity contribution in [3.05, 3.63) is 47.8 Å². The SMILES string of the molecule is COc1ccc(-c2ccc(C)nc2)c(C(=O)O)c1. The Kier molecular flexibility index (Phi) is 3.28. The molecule has 4 heteroatoms. The first-order valence-corrected chi connectivity index (χ1v) is 5.46. The summed E-state index contributed by atoms with van der Waals surface area (Å²) in [5, 5.41) is 9.23. The Labute approximate surface area is 105 Å². The number of methoxy groups -OCH3 is 1. The van der Waals surface area contributed by atoms with Gasteiger partial charge in [-0.2, -0.15) is 0 Å². The van der Waals surface area contributed by atoms with Crippen LogP contribution >= 0.6 is 0 Å². The Balaban J connectivity index is 2.56. The highest BCUT2D eigenvalue weighted by molar-refractivity contribution is 5.96. The van der Waals surface area contributed by atoms with Crippen LogP contribution in [0.2, 0.25) is 0 Å². The minimum atomic E-state index is -0.982. The molecule has 92 valence electrons. The molecule has 1 aromatic carbocycles. The molecular formula is C14H13NO3. The number of aromatic nitrogens is 1. The molecule has 0 radical (unpaired) electrons. The molecule has 0 bridgehead atoms.